The largest absolute Gasteiger partial charge is 0.324 e. The predicted octanol–water partition coefficient (Wildman–Crippen LogP) is 4.54. The fourth-order valence-corrected chi connectivity index (χ4v) is 4.74. The van der Waals surface area contributed by atoms with Gasteiger partial charge in [0.25, 0.3) is 0 Å². The number of thiophene rings is 1. The van der Waals surface area contributed by atoms with Gasteiger partial charge in [-0.25, -0.2) is 0 Å². The average molecular weight is 391 g/mol. The number of fused-ring (bicyclic) bond motifs is 1. The van der Waals surface area contributed by atoms with Gasteiger partial charge >= 0.3 is 0 Å². The molecule has 1 amide bonds. The van der Waals surface area contributed by atoms with Gasteiger partial charge < -0.3 is 5.32 Å². The third kappa shape index (κ3) is 3.77. The number of benzene rings is 2. The molecule has 142 valence electrons. The molecule has 2 heterocycles. The van der Waals surface area contributed by atoms with Gasteiger partial charge in [0.05, 0.1) is 18.3 Å². The Kier molecular flexibility index (Phi) is 5.37. The minimum atomic E-state index is -0.103. The summed E-state index contributed by atoms with van der Waals surface area (Å²) in [5.74, 6) is -0.160. The minimum Gasteiger partial charge on any atom is -0.324 e. The molecule has 0 radical (unpaired) electrons. The van der Waals surface area contributed by atoms with Gasteiger partial charge in [-0.2, -0.15) is 0 Å². The average Bonchev–Trinajstić information content (AvgIpc) is 3.17. The van der Waals surface area contributed by atoms with Crippen LogP contribution in [0.4, 0.5) is 5.69 Å². The molecule has 1 N–H and O–H groups in total. The molecule has 1 aliphatic heterocycles. The van der Waals surface area contributed by atoms with Gasteiger partial charge in [-0.05, 0) is 48.1 Å². The standard InChI is InChI=1S/C23H22N2O2S/c1-16(26)18-9-5-6-10-20(18)24-22(27)15-25-13-11-21-19(12-14-28-21)23(25)17-7-3-2-4-8-17/h2-10,12,14,23H,11,13,15H2,1H3,(H,24,27). The molecule has 0 fully saturated rings. The van der Waals surface area contributed by atoms with Crippen molar-refractivity contribution < 1.29 is 9.59 Å². The molecule has 4 rings (SSSR count). The number of para-hydroxylation sites is 1. The molecule has 0 spiro atoms. The Morgan fingerprint density at radius 1 is 1.07 bits per heavy atom. The molecular weight excluding hydrogens is 368 g/mol. The lowest BCUT2D eigenvalue weighted by molar-refractivity contribution is -0.117. The second kappa shape index (κ2) is 8.09. The first-order chi connectivity index (χ1) is 13.6. The zero-order valence-electron chi connectivity index (χ0n) is 15.7. The topological polar surface area (TPSA) is 49.4 Å². The van der Waals surface area contributed by atoms with Crippen LogP contribution in [-0.2, 0) is 11.2 Å². The van der Waals surface area contributed by atoms with Crippen molar-refractivity contribution in [2.75, 3.05) is 18.4 Å². The van der Waals surface area contributed by atoms with E-state index in [1.807, 2.05) is 24.3 Å². The smallest absolute Gasteiger partial charge is 0.238 e. The van der Waals surface area contributed by atoms with Gasteiger partial charge in [0.2, 0.25) is 5.91 Å². The first kappa shape index (κ1) is 18.6. The number of amides is 1. The Morgan fingerprint density at radius 2 is 1.82 bits per heavy atom. The number of anilines is 1. The molecule has 1 aliphatic rings. The highest BCUT2D eigenvalue weighted by Gasteiger charge is 2.30. The summed E-state index contributed by atoms with van der Waals surface area (Å²) in [6.07, 6.45) is 0.952. The van der Waals surface area contributed by atoms with Gasteiger partial charge in [-0.15, -0.1) is 11.3 Å². The van der Waals surface area contributed by atoms with Crippen molar-refractivity contribution in [1.29, 1.82) is 0 Å². The van der Waals surface area contributed by atoms with Crippen LogP contribution in [0.25, 0.3) is 0 Å². The van der Waals surface area contributed by atoms with E-state index in [4.69, 9.17) is 0 Å². The maximum Gasteiger partial charge on any atom is 0.238 e. The maximum absolute atomic E-state index is 12.8. The molecule has 5 heteroatoms. The van der Waals surface area contributed by atoms with Crippen molar-refractivity contribution in [1.82, 2.24) is 4.90 Å². The summed E-state index contributed by atoms with van der Waals surface area (Å²) in [4.78, 5) is 28.3. The van der Waals surface area contributed by atoms with E-state index in [0.29, 0.717) is 11.3 Å². The van der Waals surface area contributed by atoms with Gasteiger partial charge in [-0.3, -0.25) is 14.5 Å². The van der Waals surface area contributed by atoms with Crippen molar-refractivity contribution >= 4 is 28.7 Å². The molecular formula is C23H22N2O2S. The van der Waals surface area contributed by atoms with Crippen LogP contribution in [0.2, 0.25) is 0 Å². The fraction of sp³-hybridized carbons (Fsp3) is 0.217. The van der Waals surface area contributed by atoms with Crippen LogP contribution in [0, 0.1) is 0 Å². The first-order valence-corrected chi connectivity index (χ1v) is 10.3. The lowest BCUT2D eigenvalue weighted by Gasteiger charge is -2.35. The normalized spacial score (nSPS) is 16.4. The molecule has 4 nitrogen and oxygen atoms in total. The molecule has 0 aliphatic carbocycles. The number of carbonyl (C=O) groups excluding carboxylic acids is 2. The van der Waals surface area contributed by atoms with E-state index in [2.05, 4.69) is 33.8 Å². The van der Waals surface area contributed by atoms with Crippen molar-refractivity contribution in [2.45, 2.75) is 19.4 Å². The molecule has 0 saturated carbocycles. The molecule has 1 atom stereocenters. The first-order valence-electron chi connectivity index (χ1n) is 9.38. The Labute approximate surface area is 168 Å². The van der Waals surface area contributed by atoms with E-state index < -0.39 is 0 Å². The predicted molar refractivity (Wildman–Crippen MR) is 113 cm³/mol. The Balaban J connectivity index is 1.57. The molecule has 1 unspecified atom stereocenters. The van der Waals surface area contributed by atoms with Crippen LogP contribution in [0.3, 0.4) is 0 Å². The molecule has 3 aromatic rings. The van der Waals surface area contributed by atoms with E-state index in [1.165, 1.54) is 22.9 Å². The van der Waals surface area contributed by atoms with Crippen LogP contribution in [-0.4, -0.2) is 29.7 Å². The monoisotopic (exact) mass is 390 g/mol. The van der Waals surface area contributed by atoms with Crippen LogP contribution in [0.1, 0.15) is 39.3 Å². The number of rotatable bonds is 5. The van der Waals surface area contributed by atoms with Gasteiger partial charge in [0, 0.05) is 17.0 Å². The Morgan fingerprint density at radius 3 is 2.61 bits per heavy atom. The number of nitrogens with zero attached hydrogens (tertiary/aromatic N) is 1. The van der Waals surface area contributed by atoms with Crippen molar-refractivity contribution in [2.24, 2.45) is 0 Å². The Bertz CT molecular complexity index is 997. The minimum absolute atomic E-state index is 0.0565. The second-order valence-electron chi connectivity index (χ2n) is 6.98. The number of hydrogen-bond acceptors (Lipinski definition) is 4. The highest BCUT2D eigenvalue weighted by atomic mass is 32.1. The summed E-state index contributed by atoms with van der Waals surface area (Å²) < 4.78 is 0. The van der Waals surface area contributed by atoms with Crippen LogP contribution >= 0.6 is 11.3 Å². The SMILES string of the molecule is CC(=O)c1ccccc1NC(=O)CN1CCc2sccc2C1c1ccccc1. The second-order valence-corrected chi connectivity index (χ2v) is 7.98. The highest BCUT2D eigenvalue weighted by molar-refractivity contribution is 7.10. The molecule has 0 saturated heterocycles. The molecule has 2 aromatic carbocycles. The number of nitrogens with one attached hydrogen (secondary N) is 1. The fourth-order valence-electron chi connectivity index (χ4n) is 3.84. The van der Waals surface area contributed by atoms with E-state index in [0.717, 1.165) is 13.0 Å². The van der Waals surface area contributed by atoms with E-state index >= 15 is 0 Å². The molecule has 0 bridgehead atoms. The lowest BCUT2D eigenvalue weighted by Crippen LogP contribution is -2.40. The molecule has 1 aromatic heterocycles. The van der Waals surface area contributed by atoms with E-state index in [1.54, 1.807) is 29.5 Å². The quantitative estimate of drug-likeness (QED) is 0.651. The number of hydrogen-bond donors (Lipinski definition) is 1. The number of carbonyl (C=O) groups is 2. The van der Waals surface area contributed by atoms with Gasteiger partial charge in [0.1, 0.15) is 0 Å². The van der Waals surface area contributed by atoms with E-state index in [-0.39, 0.29) is 24.3 Å². The van der Waals surface area contributed by atoms with Crippen molar-refractivity contribution in [3.8, 4) is 0 Å². The third-order valence-electron chi connectivity index (χ3n) is 5.11. The van der Waals surface area contributed by atoms with Gasteiger partial charge in [-0.1, -0.05) is 42.5 Å². The lowest BCUT2D eigenvalue weighted by atomic mass is 9.93. The highest BCUT2D eigenvalue weighted by Crippen LogP contribution is 2.37. The van der Waals surface area contributed by atoms with Crippen LogP contribution in [0.15, 0.2) is 66.0 Å². The summed E-state index contributed by atoms with van der Waals surface area (Å²) in [6.45, 7) is 2.62. The zero-order valence-corrected chi connectivity index (χ0v) is 16.5. The number of Topliss-reactive ketones (excluding diaryl/α,β-unsaturated/α-hetero) is 1. The molecule has 28 heavy (non-hydrogen) atoms. The van der Waals surface area contributed by atoms with Gasteiger partial charge in [0.15, 0.2) is 5.78 Å². The summed E-state index contributed by atoms with van der Waals surface area (Å²) in [5.41, 5.74) is 3.59. The van der Waals surface area contributed by atoms with Crippen molar-refractivity contribution in [3.05, 3.63) is 87.6 Å². The summed E-state index contributed by atoms with van der Waals surface area (Å²) in [7, 11) is 0. The van der Waals surface area contributed by atoms with Crippen LogP contribution in [0.5, 0.6) is 0 Å². The third-order valence-corrected chi connectivity index (χ3v) is 6.10. The number of ketones is 1. The zero-order chi connectivity index (χ0) is 19.5. The summed E-state index contributed by atoms with van der Waals surface area (Å²) in [5, 5.41) is 5.06. The van der Waals surface area contributed by atoms with Crippen LogP contribution < -0.4 is 5.32 Å². The maximum atomic E-state index is 12.8. The summed E-state index contributed by atoms with van der Waals surface area (Å²) in [6, 6.07) is 19.7. The summed E-state index contributed by atoms with van der Waals surface area (Å²) >= 11 is 1.79. The Hall–Kier alpha value is -2.76. The van der Waals surface area contributed by atoms with E-state index in [9.17, 15) is 9.59 Å². The van der Waals surface area contributed by atoms with Crippen molar-refractivity contribution in [3.63, 3.8) is 0 Å².